The predicted octanol–water partition coefficient (Wildman–Crippen LogP) is -1.10. The minimum atomic E-state index is -0.411. The summed E-state index contributed by atoms with van der Waals surface area (Å²) < 4.78 is 6.05. The molecule has 0 saturated carbocycles. The molecule has 2 heterocycles. The van der Waals surface area contributed by atoms with Crippen LogP contribution < -0.4 is 10.9 Å². The molecule has 15 heavy (non-hydrogen) atoms. The molecule has 0 spiro atoms. The Morgan fingerprint density at radius 1 is 1.60 bits per heavy atom. The number of esters is 1. The minimum absolute atomic E-state index is 0.0691. The zero-order chi connectivity index (χ0) is 11.0. The molecule has 0 amide bonds. The molecular weight excluding hydrogens is 198 g/mol. The zero-order valence-electron chi connectivity index (χ0n) is 8.66. The van der Waals surface area contributed by atoms with Crippen LogP contribution in [-0.2, 0) is 29.5 Å². The number of H-pyrrole nitrogens is 1. The summed E-state index contributed by atoms with van der Waals surface area (Å²) in [5.74, 6) is -0.330. The number of hydrogen-bond acceptors (Lipinski definition) is 4. The summed E-state index contributed by atoms with van der Waals surface area (Å²) in [5, 5.41) is 5.94. The molecule has 1 aliphatic heterocycles. The van der Waals surface area contributed by atoms with Crippen molar-refractivity contribution in [3.8, 4) is 0 Å². The van der Waals surface area contributed by atoms with Gasteiger partial charge in [-0.05, 0) is 0 Å². The number of aryl methyl sites for hydroxylation is 1. The molecule has 1 aromatic heterocycles. The summed E-state index contributed by atoms with van der Waals surface area (Å²) in [6.45, 7) is 0.491. The van der Waals surface area contributed by atoms with E-state index in [1.54, 1.807) is 7.05 Å². The molecule has 1 atom stereocenters. The van der Waals surface area contributed by atoms with Gasteiger partial charge in [0.05, 0.1) is 12.8 Å². The molecule has 6 nitrogen and oxygen atoms in total. The first-order chi connectivity index (χ1) is 7.13. The molecule has 0 radical (unpaired) electrons. The van der Waals surface area contributed by atoms with Crippen molar-refractivity contribution in [3.63, 3.8) is 0 Å². The third-order valence-electron chi connectivity index (χ3n) is 2.65. The van der Waals surface area contributed by atoms with E-state index in [9.17, 15) is 9.59 Å². The predicted molar refractivity (Wildman–Crippen MR) is 52.4 cm³/mol. The van der Waals surface area contributed by atoms with Gasteiger partial charge in [0.15, 0.2) is 0 Å². The van der Waals surface area contributed by atoms with Gasteiger partial charge >= 0.3 is 5.97 Å². The van der Waals surface area contributed by atoms with Crippen molar-refractivity contribution in [1.82, 2.24) is 15.1 Å². The standard InChI is InChI=1S/C9H13N3O3/c1-12-8(13)5-3-6(9(14)15-2)10-4-7(5)11-12/h6,10-11H,3-4H2,1-2H3. The number of aromatic nitrogens is 2. The third-order valence-corrected chi connectivity index (χ3v) is 2.65. The molecule has 1 aromatic rings. The minimum Gasteiger partial charge on any atom is -0.468 e. The molecule has 6 heteroatoms. The number of hydrogen-bond donors (Lipinski definition) is 2. The van der Waals surface area contributed by atoms with Gasteiger partial charge in [-0.15, -0.1) is 0 Å². The van der Waals surface area contributed by atoms with E-state index in [0.29, 0.717) is 18.5 Å². The molecule has 2 N–H and O–H groups in total. The number of nitrogens with one attached hydrogen (secondary N) is 2. The maximum Gasteiger partial charge on any atom is 0.323 e. The lowest BCUT2D eigenvalue weighted by molar-refractivity contribution is -0.143. The van der Waals surface area contributed by atoms with Gasteiger partial charge in [0, 0.05) is 25.6 Å². The number of aromatic amines is 1. The van der Waals surface area contributed by atoms with Gasteiger partial charge in [-0.25, -0.2) is 0 Å². The number of methoxy groups -OCH3 is 1. The lowest BCUT2D eigenvalue weighted by Gasteiger charge is -2.20. The first-order valence-electron chi connectivity index (χ1n) is 4.71. The van der Waals surface area contributed by atoms with Crippen LogP contribution in [0.15, 0.2) is 4.79 Å². The highest BCUT2D eigenvalue weighted by Gasteiger charge is 2.28. The van der Waals surface area contributed by atoms with Crippen molar-refractivity contribution >= 4 is 5.97 Å². The second-order valence-electron chi connectivity index (χ2n) is 3.59. The number of nitrogens with zero attached hydrogens (tertiary/aromatic N) is 1. The van der Waals surface area contributed by atoms with E-state index in [1.807, 2.05) is 0 Å². The highest BCUT2D eigenvalue weighted by atomic mass is 16.5. The summed E-state index contributed by atoms with van der Waals surface area (Å²) in [5.41, 5.74) is 1.45. The normalized spacial score (nSPS) is 19.7. The Morgan fingerprint density at radius 2 is 2.33 bits per heavy atom. The smallest absolute Gasteiger partial charge is 0.323 e. The second-order valence-corrected chi connectivity index (χ2v) is 3.59. The van der Waals surface area contributed by atoms with Crippen LogP contribution in [0.5, 0.6) is 0 Å². The summed E-state index contributed by atoms with van der Waals surface area (Å²) in [7, 11) is 3.00. The molecule has 0 saturated heterocycles. The SMILES string of the molecule is COC(=O)C1Cc2c([nH]n(C)c2=O)CN1. The number of rotatable bonds is 1. The maximum absolute atomic E-state index is 11.6. The van der Waals surface area contributed by atoms with E-state index >= 15 is 0 Å². The van der Waals surface area contributed by atoms with Crippen molar-refractivity contribution in [1.29, 1.82) is 0 Å². The average molecular weight is 211 g/mol. The molecule has 1 aliphatic rings. The summed E-state index contributed by atoms with van der Waals surface area (Å²) in [6.07, 6.45) is 0.387. The monoisotopic (exact) mass is 211 g/mol. The molecule has 0 bridgehead atoms. The highest BCUT2D eigenvalue weighted by Crippen LogP contribution is 2.11. The van der Waals surface area contributed by atoms with Crippen molar-refractivity contribution < 1.29 is 9.53 Å². The Balaban J connectivity index is 2.30. The van der Waals surface area contributed by atoms with Gasteiger partial charge in [0.25, 0.3) is 5.56 Å². The topological polar surface area (TPSA) is 76.1 Å². The molecule has 0 aromatic carbocycles. The van der Waals surface area contributed by atoms with Crippen molar-refractivity contribution in [2.45, 2.75) is 19.0 Å². The van der Waals surface area contributed by atoms with E-state index in [2.05, 4.69) is 15.2 Å². The van der Waals surface area contributed by atoms with Crippen LogP contribution in [0, 0.1) is 0 Å². The Labute approximate surface area is 86.2 Å². The van der Waals surface area contributed by atoms with Crippen LogP contribution in [0.3, 0.4) is 0 Å². The van der Waals surface area contributed by atoms with Crippen molar-refractivity contribution in [3.05, 3.63) is 21.6 Å². The average Bonchev–Trinajstić information content (AvgIpc) is 2.54. The lowest BCUT2D eigenvalue weighted by Crippen LogP contribution is -2.43. The number of ether oxygens (including phenoxy) is 1. The molecule has 82 valence electrons. The first kappa shape index (κ1) is 9.97. The quantitative estimate of drug-likeness (QED) is 0.578. The van der Waals surface area contributed by atoms with Crippen LogP contribution in [-0.4, -0.2) is 28.9 Å². The lowest BCUT2D eigenvalue weighted by atomic mass is 10.0. The van der Waals surface area contributed by atoms with Crippen LogP contribution in [0.4, 0.5) is 0 Å². The van der Waals surface area contributed by atoms with Gasteiger partial charge < -0.3 is 4.74 Å². The van der Waals surface area contributed by atoms with E-state index < -0.39 is 6.04 Å². The van der Waals surface area contributed by atoms with E-state index in [4.69, 9.17) is 0 Å². The Morgan fingerprint density at radius 3 is 3.00 bits per heavy atom. The van der Waals surface area contributed by atoms with Gasteiger partial charge in [-0.2, -0.15) is 0 Å². The number of carbonyl (C=O) groups is 1. The summed E-state index contributed by atoms with van der Waals surface area (Å²) in [4.78, 5) is 22.9. The Kier molecular flexibility index (Phi) is 2.36. The molecule has 2 rings (SSSR count). The highest BCUT2D eigenvalue weighted by molar-refractivity contribution is 5.76. The van der Waals surface area contributed by atoms with Crippen LogP contribution in [0.2, 0.25) is 0 Å². The number of carbonyl (C=O) groups excluding carboxylic acids is 1. The van der Waals surface area contributed by atoms with E-state index in [-0.39, 0.29) is 11.5 Å². The molecule has 1 unspecified atom stereocenters. The van der Waals surface area contributed by atoms with Crippen LogP contribution in [0.25, 0.3) is 0 Å². The summed E-state index contributed by atoms with van der Waals surface area (Å²) >= 11 is 0. The van der Waals surface area contributed by atoms with Gasteiger partial charge in [0.1, 0.15) is 6.04 Å². The molecule has 0 fully saturated rings. The molecular formula is C9H13N3O3. The number of fused-ring (bicyclic) bond motifs is 1. The first-order valence-corrected chi connectivity index (χ1v) is 4.71. The van der Waals surface area contributed by atoms with Gasteiger partial charge in [0.2, 0.25) is 0 Å². The van der Waals surface area contributed by atoms with Gasteiger partial charge in [-0.3, -0.25) is 24.7 Å². The fourth-order valence-electron chi connectivity index (χ4n) is 1.82. The van der Waals surface area contributed by atoms with Crippen molar-refractivity contribution in [2.75, 3.05) is 7.11 Å². The zero-order valence-corrected chi connectivity index (χ0v) is 8.66. The fourth-order valence-corrected chi connectivity index (χ4v) is 1.82. The maximum atomic E-state index is 11.6. The van der Waals surface area contributed by atoms with E-state index in [0.717, 1.165) is 5.69 Å². The van der Waals surface area contributed by atoms with Gasteiger partial charge in [-0.1, -0.05) is 0 Å². The second kappa shape index (κ2) is 3.54. The third kappa shape index (κ3) is 1.56. The Bertz CT molecular complexity index is 446. The van der Waals surface area contributed by atoms with Crippen LogP contribution >= 0.6 is 0 Å². The van der Waals surface area contributed by atoms with Crippen molar-refractivity contribution in [2.24, 2.45) is 7.05 Å². The Hall–Kier alpha value is -1.56. The fraction of sp³-hybridized carbons (Fsp3) is 0.556. The molecule has 0 aliphatic carbocycles. The van der Waals surface area contributed by atoms with Crippen LogP contribution in [0.1, 0.15) is 11.3 Å². The van der Waals surface area contributed by atoms with E-state index in [1.165, 1.54) is 11.8 Å². The largest absolute Gasteiger partial charge is 0.468 e. The summed E-state index contributed by atoms with van der Waals surface area (Å²) in [6, 6.07) is -0.411.